The van der Waals surface area contributed by atoms with Gasteiger partial charge in [0.1, 0.15) is 0 Å². The van der Waals surface area contributed by atoms with Crippen LogP contribution in [0.3, 0.4) is 0 Å². The van der Waals surface area contributed by atoms with E-state index in [-0.39, 0.29) is 5.91 Å². The normalized spacial score (nSPS) is 10.4. The van der Waals surface area contributed by atoms with Gasteiger partial charge in [-0.2, -0.15) is 10.4 Å². The summed E-state index contributed by atoms with van der Waals surface area (Å²) < 4.78 is 1.86. The number of carbonyl (C=O) groups is 1. The lowest BCUT2D eigenvalue weighted by atomic mass is 10.1. The van der Waals surface area contributed by atoms with E-state index in [0.717, 1.165) is 28.2 Å². The topological polar surface area (TPSA) is 73.9 Å². The first-order valence-electron chi connectivity index (χ1n) is 10.1. The van der Waals surface area contributed by atoms with Crippen LogP contribution in [0.2, 0.25) is 0 Å². The Morgan fingerprint density at radius 1 is 1.10 bits per heavy atom. The number of aromatic nitrogens is 2. The zero-order valence-electron chi connectivity index (χ0n) is 17.5. The van der Waals surface area contributed by atoms with Gasteiger partial charge < -0.3 is 0 Å². The molecule has 1 aromatic heterocycles. The summed E-state index contributed by atoms with van der Waals surface area (Å²) in [6.45, 7) is 5.11. The number of benzene rings is 2. The van der Waals surface area contributed by atoms with E-state index in [4.69, 9.17) is 5.26 Å². The van der Waals surface area contributed by atoms with Gasteiger partial charge in [0.25, 0.3) is 0 Å². The Morgan fingerprint density at radius 3 is 2.43 bits per heavy atom. The monoisotopic (exact) mass is 401 g/mol. The van der Waals surface area contributed by atoms with E-state index in [1.165, 1.54) is 0 Å². The van der Waals surface area contributed by atoms with Gasteiger partial charge in [-0.3, -0.25) is 19.9 Å². The van der Waals surface area contributed by atoms with Gasteiger partial charge in [-0.05, 0) is 43.5 Å². The second-order valence-corrected chi connectivity index (χ2v) is 7.22. The van der Waals surface area contributed by atoms with Crippen molar-refractivity contribution >= 4 is 11.6 Å². The van der Waals surface area contributed by atoms with Gasteiger partial charge >= 0.3 is 0 Å². The molecule has 2 aromatic carbocycles. The van der Waals surface area contributed by atoms with Crippen molar-refractivity contribution in [3.8, 4) is 6.07 Å². The maximum absolute atomic E-state index is 12.8. The molecule has 0 fully saturated rings. The number of rotatable bonds is 9. The van der Waals surface area contributed by atoms with Crippen LogP contribution in [0.5, 0.6) is 0 Å². The molecular formula is C24H27N5O. The highest BCUT2D eigenvalue weighted by Gasteiger charge is 2.15. The summed E-state index contributed by atoms with van der Waals surface area (Å²) >= 11 is 0. The molecule has 0 saturated carbocycles. The third kappa shape index (κ3) is 5.48. The summed E-state index contributed by atoms with van der Waals surface area (Å²) in [7, 11) is 0. The molecule has 0 aliphatic rings. The van der Waals surface area contributed by atoms with Crippen LogP contribution in [0.1, 0.15) is 35.4 Å². The SMILES string of the molecule is Cc1nn(CCC#N)c(C)c1CCC(=O)NN(Cc1ccccc1)c1ccccc1. The van der Waals surface area contributed by atoms with Gasteiger partial charge in [0.2, 0.25) is 5.91 Å². The molecule has 0 aliphatic heterocycles. The van der Waals surface area contributed by atoms with Crippen LogP contribution in [0.4, 0.5) is 5.69 Å². The highest BCUT2D eigenvalue weighted by molar-refractivity contribution is 5.78. The number of carbonyl (C=O) groups excluding carboxylic acids is 1. The van der Waals surface area contributed by atoms with Crippen molar-refractivity contribution in [3.63, 3.8) is 0 Å². The Labute approximate surface area is 177 Å². The Kier molecular flexibility index (Phi) is 7.23. The van der Waals surface area contributed by atoms with E-state index in [0.29, 0.717) is 32.4 Å². The highest BCUT2D eigenvalue weighted by atomic mass is 16.2. The van der Waals surface area contributed by atoms with Gasteiger partial charge in [0, 0.05) is 12.1 Å². The van der Waals surface area contributed by atoms with E-state index < -0.39 is 0 Å². The molecule has 0 spiro atoms. The molecular weight excluding hydrogens is 374 g/mol. The molecule has 6 nitrogen and oxygen atoms in total. The molecule has 0 aliphatic carbocycles. The molecule has 1 amide bonds. The molecule has 154 valence electrons. The van der Waals surface area contributed by atoms with Gasteiger partial charge in [0.15, 0.2) is 0 Å². The lowest BCUT2D eigenvalue weighted by Gasteiger charge is -2.25. The second-order valence-electron chi connectivity index (χ2n) is 7.22. The summed E-state index contributed by atoms with van der Waals surface area (Å²) in [4.78, 5) is 12.8. The molecule has 0 unspecified atom stereocenters. The van der Waals surface area contributed by atoms with Crippen molar-refractivity contribution in [1.29, 1.82) is 5.26 Å². The second kappa shape index (κ2) is 10.3. The maximum atomic E-state index is 12.8. The molecule has 0 radical (unpaired) electrons. The van der Waals surface area contributed by atoms with Gasteiger partial charge in [-0.1, -0.05) is 48.5 Å². The Balaban J connectivity index is 1.66. The van der Waals surface area contributed by atoms with E-state index in [2.05, 4.69) is 16.6 Å². The number of anilines is 1. The average Bonchev–Trinajstić information content (AvgIpc) is 3.04. The summed E-state index contributed by atoms with van der Waals surface area (Å²) in [6, 6.07) is 22.1. The van der Waals surface area contributed by atoms with Crippen LogP contribution in [0, 0.1) is 25.2 Å². The number of nitrogens with zero attached hydrogens (tertiary/aromatic N) is 4. The Bertz CT molecular complexity index is 1010. The molecule has 3 aromatic rings. The molecule has 30 heavy (non-hydrogen) atoms. The van der Waals surface area contributed by atoms with Crippen LogP contribution in [0.15, 0.2) is 60.7 Å². The van der Waals surface area contributed by atoms with Crippen molar-refractivity contribution in [2.75, 3.05) is 5.01 Å². The van der Waals surface area contributed by atoms with Crippen LogP contribution < -0.4 is 10.4 Å². The average molecular weight is 402 g/mol. The number of hydrogen-bond acceptors (Lipinski definition) is 4. The Hall–Kier alpha value is -3.59. The predicted octanol–water partition coefficient (Wildman–Crippen LogP) is 4.08. The minimum atomic E-state index is -0.0432. The number of hydrazine groups is 1. The van der Waals surface area contributed by atoms with Crippen molar-refractivity contribution < 1.29 is 4.79 Å². The van der Waals surface area contributed by atoms with Crippen LogP contribution in [0.25, 0.3) is 0 Å². The summed E-state index contributed by atoms with van der Waals surface area (Å²) in [5.74, 6) is -0.0432. The zero-order chi connectivity index (χ0) is 21.3. The summed E-state index contributed by atoms with van der Waals surface area (Å²) in [5, 5.41) is 15.2. The fourth-order valence-corrected chi connectivity index (χ4v) is 3.48. The number of hydrogen-bond donors (Lipinski definition) is 1. The van der Waals surface area contributed by atoms with E-state index in [1.54, 1.807) is 0 Å². The van der Waals surface area contributed by atoms with Crippen molar-refractivity contribution in [2.45, 2.75) is 46.2 Å². The maximum Gasteiger partial charge on any atom is 0.238 e. The molecule has 0 bridgehead atoms. The van der Waals surface area contributed by atoms with Crippen molar-refractivity contribution in [1.82, 2.24) is 15.2 Å². The predicted molar refractivity (Wildman–Crippen MR) is 117 cm³/mol. The third-order valence-electron chi connectivity index (χ3n) is 5.08. The fourth-order valence-electron chi connectivity index (χ4n) is 3.48. The first-order chi connectivity index (χ1) is 14.6. The first kappa shape index (κ1) is 21.1. The molecule has 3 rings (SSSR count). The molecule has 1 heterocycles. The van der Waals surface area contributed by atoms with Gasteiger partial charge in [-0.15, -0.1) is 0 Å². The largest absolute Gasteiger partial charge is 0.281 e. The highest BCUT2D eigenvalue weighted by Crippen LogP contribution is 2.17. The Morgan fingerprint density at radius 2 is 1.77 bits per heavy atom. The first-order valence-corrected chi connectivity index (χ1v) is 10.1. The standard InChI is InChI=1S/C24H27N5O/c1-19-23(20(2)28(26-19)17-9-16-25)14-15-24(30)27-29(22-12-7-4-8-13-22)18-21-10-5-3-6-11-21/h3-8,10-13H,9,14-15,17-18H2,1-2H3,(H,27,30). The molecule has 0 saturated heterocycles. The third-order valence-corrected chi connectivity index (χ3v) is 5.08. The number of amides is 1. The van der Waals surface area contributed by atoms with E-state index >= 15 is 0 Å². The smallest absolute Gasteiger partial charge is 0.238 e. The molecule has 6 heteroatoms. The van der Waals surface area contributed by atoms with Crippen LogP contribution in [-0.2, 0) is 24.3 Å². The van der Waals surface area contributed by atoms with Crippen molar-refractivity contribution in [2.24, 2.45) is 0 Å². The number of aryl methyl sites for hydroxylation is 2. The summed E-state index contributed by atoms with van der Waals surface area (Å²) in [6.07, 6.45) is 1.40. The van der Waals surface area contributed by atoms with E-state index in [9.17, 15) is 4.79 Å². The minimum Gasteiger partial charge on any atom is -0.281 e. The minimum absolute atomic E-state index is 0.0432. The quantitative estimate of drug-likeness (QED) is 0.548. The summed E-state index contributed by atoms with van der Waals surface area (Å²) in [5.41, 5.74) is 8.14. The zero-order valence-corrected chi connectivity index (χ0v) is 17.5. The van der Waals surface area contributed by atoms with E-state index in [1.807, 2.05) is 84.2 Å². The number of para-hydroxylation sites is 1. The molecule has 0 atom stereocenters. The van der Waals surface area contributed by atoms with Crippen LogP contribution >= 0.6 is 0 Å². The van der Waals surface area contributed by atoms with Gasteiger partial charge in [0.05, 0.1) is 37.0 Å². The lowest BCUT2D eigenvalue weighted by molar-refractivity contribution is -0.121. The van der Waals surface area contributed by atoms with Crippen molar-refractivity contribution in [3.05, 3.63) is 83.2 Å². The van der Waals surface area contributed by atoms with Crippen LogP contribution in [-0.4, -0.2) is 15.7 Å². The van der Waals surface area contributed by atoms with Gasteiger partial charge in [-0.25, -0.2) is 0 Å². The lowest BCUT2D eigenvalue weighted by Crippen LogP contribution is -2.42. The number of nitriles is 1. The number of nitrogens with one attached hydrogen (secondary N) is 1. The molecule has 1 N–H and O–H groups in total. The fraction of sp³-hybridized carbons (Fsp3) is 0.292.